The Hall–Kier alpha value is -0.770. The normalized spacial score (nSPS) is 10.7. The molecule has 1 aromatic rings. The number of hydrogen-bond donors (Lipinski definition) is 0. The molecule has 0 N–H and O–H groups in total. The Morgan fingerprint density at radius 1 is 1.47 bits per heavy atom. The van der Waals surface area contributed by atoms with Crippen LogP contribution < -0.4 is 0 Å². The summed E-state index contributed by atoms with van der Waals surface area (Å²) < 4.78 is 0. The average Bonchev–Trinajstić information content (AvgIpc) is 2.19. The number of benzene rings is 1. The van der Waals surface area contributed by atoms with Crippen LogP contribution in [0, 0.1) is 0 Å². The highest BCUT2D eigenvalue weighted by Crippen LogP contribution is 2.31. The second-order valence-corrected chi connectivity index (χ2v) is 3.79. The highest BCUT2D eigenvalue weighted by molar-refractivity contribution is 6.63. The molecule has 0 bridgehead atoms. The molecule has 0 heterocycles. The highest BCUT2D eigenvalue weighted by atomic mass is 35.5. The first-order chi connectivity index (χ1) is 7.02. The van der Waals surface area contributed by atoms with E-state index in [1.54, 1.807) is 18.2 Å². The highest BCUT2D eigenvalue weighted by Gasteiger charge is 2.03. The van der Waals surface area contributed by atoms with Gasteiger partial charge in [0.1, 0.15) is 0 Å². The summed E-state index contributed by atoms with van der Waals surface area (Å²) in [5, 5.41) is 0.119. The van der Waals surface area contributed by atoms with Gasteiger partial charge in [0.15, 0.2) is 0 Å². The van der Waals surface area contributed by atoms with E-state index >= 15 is 0 Å². The van der Waals surface area contributed by atoms with Crippen LogP contribution in [0.3, 0.4) is 0 Å². The summed E-state index contributed by atoms with van der Waals surface area (Å²) in [7, 11) is 1.48. The molecule has 0 atom stereocenters. The molecule has 0 fully saturated rings. The van der Waals surface area contributed by atoms with E-state index in [2.05, 4.69) is 4.99 Å². The van der Waals surface area contributed by atoms with Crippen LogP contribution in [0.5, 0.6) is 0 Å². The molecular formula is C9H7Cl3N2O. The molecule has 80 valence electrons. The lowest BCUT2D eigenvalue weighted by atomic mass is 10.3. The van der Waals surface area contributed by atoms with Gasteiger partial charge < -0.3 is 0 Å². The number of aliphatic imine (C=N–C) groups is 1. The van der Waals surface area contributed by atoms with E-state index in [0.717, 1.165) is 4.90 Å². The van der Waals surface area contributed by atoms with Crippen LogP contribution in [0.1, 0.15) is 0 Å². The number of halogens is 3. The zero-order valence-electron chi connectivity index (χ0n) is 7.75. The van der Waals surface area contributed by atoms with Gasteiger partial charge in [0, 0.05) is 7.05 Å². The maximum absolute atomic E-state index is 10.7. The Labute approximate surface area is 102 Å². The van der Waals surface area contributed by atoms with Gasteiger partial charge in [-0.1, -0.05) is 29.3 Å². The van der Waals surface area contributed by atoms with Gasteiger partial charge in [-0.3, -0.25) is 9.69 Å². The Kier molecular flexibility index (Phi) is 4.39. The predicted octanol–water partition coefficient (Wildman–Crippen LogP) is 3.94. The summed E-state index contributed by atoms with van der Waals surface area (Å²) in [4.78, 5) is 15.7. The number of nitrogens with zero attached hydrogens (tertiary/aromatic N) is 2. The minimum absolute atomic E-state index is 0.339. The van der Waals surface area contributed by atoms with E-state index in [0.29, 0.717) is 15.7 Å². The molecule has 1 rings (SSSR count). The second-order valence-electron chi connectivity index (χ2n) is 2.68. The van der Waals surface area contributed by atoms with E-state index in [1.807, 2.05) is 0 Å². The third kappa shape index (κ3) is 3.38. The van der Waals surface area contributed by atoms with Crippen LogP contribution in [0.4, 0.5) is 10.5 Å². The van der Waals surface area contributed by atoms with Crippen molar-refractivity contribution in [3.05, 3.63) is 28.2 Å². The molecule has 0 radical (unpaired) electrons. The van der Waals surface area contributed by atoms with Gasteiger partial charge >= 0.3 is 5.37 Å². The van der Waals surface area contributed by atoms with Crippen LogP contribution in [0.15, 0.2) is 23.2 Å². The van der Waals surface area contributed by atoms with Crippen molar-refractivity contribution in [2.45, 2.75) is 0 Å². The molecule has 1 amide bonds. The molecule has 0 spiro atoms. The Morgan fingerprint density at radius 3 is 2.73 bits per heavy atom. The lowest BCUT2D eigenvalue weighted by Crippen LogP contribution is -2.18. The van der Waals surface area contributed by atoms with Crippen molar-refractivity contribution >= 4 is 52.2 Å². The van der Waals surface area contributed by atoms with Crippen molar-refractivity contribution in [1.82, 2.24) is 4.90 Å². The summed E-state index contributed by atoms with van der Waals surface area (Å²) in [6, 6.07) is 5.04. The van der Waals surface area contributed by atoms with Gasteiger partial charge in [-0.2, -0.15) is 0 Å². The SMILES string of the molecule is CN(C=Nc1cccc(Cl)c1Cl)C(=O)Cl. The van der Waals surface area contributed by atoms with Gasteiger partial charge in [-0.15, -0.1) is 0 Å². The van der Waals surface area contributed by atoms with E-state index < -0.39 is 5.37 Å². The molecule has 0 aliphatic carbocycles. The first-order valence-electron chi connectivity index (χ1n) is 3.93. The predicted molar refractivity (Wildman–Crippen MR) is 63.6 cm³/mol. The van der Waals surface area contributed by atoms with Gasteiger partial charge in [0.2, 0.25) is 0 Å². The molecule has 0 aliphatic rings. The van der Waals surface area contributed by atoms with Crippen LogP contribution in [0.2, 0.25) is 10.0 Å². The molecule has 0 unspecified atom stereocenters. The fourth-order valence-corrected chi connectivity index (χ4v) is 1.17. The Morgan fingerprint density at radius 2 is 2.13 bits per heavy atom. The van der Waals surface area contributed by atoms with E-state index in [9.17, 15) is 4.79 Å². The third-order valence-corrected chi connectivity index (χ3v) is 2.65. The molecule has 0 aromatic heterocycles. The number of carbonyl (C=O) groups is 1. The van der Waals surface area contributed by atoms with Gasteiger partial charge in [0.05, 0.1) is 22.1 Å². The second kappa shape index (κ2) is 5.35. The zero-order valence-corrected chi connectivity index (χ0v) is 10.0. The number of rotatable bonds is 2. The molecule has 0 saturated carbocycles. The third-order valence-electron chi connectivity index (χ3n) is 1.58. The minimum atomic E-state index is -0.628. The lowest BCUT2D eigenvalue weighted by Gasteiger charge is -2.05. The van der Waals surface area contributed by atoms with Crippen molar-refractivity contribution in [2.24, 2.45) is 4.99 Å². The number of hydrogen-bond acceptors (Lipinski definition) is 2. The van der Waals surface area contributed by atoms with Crippen molar-refractivity contribution in [3.63, 3.8) is 0 Å². The maximum Gasteiger partial charge on any atom is 0.321 e. The van der Waals surface area contributed by atoms with Crippen LogP contribution in [-0.4, -0.2) is 23.7 Å². The first kappa shape index (κ1) is 12.3. The summed E-state index contributed by atoms with van der Waals surface area (Å²) in [5.41, 5.74) is 0.480. The van der Waals surface area contributed by atoms with Crippen LogP contribution in [-0.2, 0) is 0 Å². The summed E-state index contributed by atoms with van der Waals surface area (Å²) in [5.74, 6) is 0. The smallest absolute Gasteiger partial charge is 0.292 e. The van der Waals surface area contributed by atoms with Gasteiger partial charge in [-0.25, -0.2) is 4.99 Å². The Bertz CT molecular complexity index is 406. The monoisotopic (exact) mass is 264 g/mol. The van der Waals surface area contributed by atoms with Crippen molar-refractivity contribution in [1.29, 1.82) is 0 Å². The molecular weight excluding hydrogens is 258 g/mol. The van der Waals surface area contributed by atoms with Crippen molar-refractivity contribution in [3.8, 4) is 0 Å². The molecule has 0 aliphatic heterocycles. The quantitative estimate of drug-likeness (QED) is 0.345. The molecule has 15 heavy (non-hydrogen) atoms. The zero-order chi connectivity index (χ0) is 11.4. The molecule has 0 saturated heterocycles. The summed E-state index contributed by atoms with van der Waals surface area (Å²) in [6.45, 7) is 0. The fraction of sp³-hybridized carbons (Fsp3) is 0.111. The maximum atomic E-state index is 10.7. The summed E-state index contributed by atoms with van der Waals surface area (Å²) >= 11 is 16.9. The van der Waals surface area contributed by atoms with Crippen molar-refractivity contribution in [2.75, 3.05) is 7.05 Å². The van der Waals surface area contributed by atoms with Gasteiger partial charge in [-0.05, 0) is 23.7 Å². The Balaban J connectivity index is 2.90. The topological polar surface area (TPSA) is 32.7 Å². The molecule has 6 heteroatoms. The average molecular weight is 266 g/mol. The van der Waals surface area contributed by atoms with E-state index in [4.69, 9.17) is 34.8 Å². The number of carbonyl (C=O) groups excluding carboxylic acids is 1. The fourth-order valence-electron chi connectivity index (χ4n) is 0.786. The standard InChI is InChI=1S/C9H7Cl3N2O/c1-14(9(12)15)5-13-7-4-2-3-6(10)8(7)11/h2-5H,1H3. The molecule has 3 nitrogen and oxygen atoms in total. The van der Waals surface area contributed by atoms with Crippen molar-refractivity contribution < 1.29 is 4.79 Å². The number of amides is 1. The van der Waals surface area contributed by atoms with E-state index in [1.165, 1.54) is 13.4 Å². The minimum Gasteiger partial charge on any atom is -0.292 e. The van der Waals surface area contributed by atoms with Crippen LogP contribution in [0.25, 0.3) is 0 Å². The van der Waals surface area contributed by atoms with Gasteiger partial charge in [0.25, 0.3) is 0 Å². The van der Waals surface area contributed by atoms with Crippen LogP contribution >= 0.6 is 34.8 Å². The molecule has 1 aromatic carbocycles. The van der Waals surface area contributed by atoms with E-state index in [-0.39, 0.29) is 0 Å². The summed E-state index contributed by atoms with van der Waals surface area (Å²) in [6.07, 6.45) is 1.27. The lowest BCUT2D eigenvalue weighted by molar-refractivity contribution is 0.248. The first-order valence-corrected chi connectivity index (χ1v) is 5.06. The largest absolute Gasteiger partial charge is 0.321 e.